The maximum Gasteiger partial charge on any atom is 0.323 e. The molecule has 8 heteroatoms. The van der Waals surface area contributed by atoms with Gasteiger partial charge in [-0.05, 0) is 61.7 Å². The van der Waals surface area contributed by atoms with Crippen molar-refractivity contribution in [2.24, 2.45) is 5.41 Å². The molecule has 0 saturated carbocycles. The molecule has 3 rings (SSSR count). The first-order valence-corrected chi connectivity index (χ1v) is 15.6. The fourth-order valence-electron chi connectivity index (χ4n) is 3.95. The van der Waals surface area contributed by atoms with Crippen molar-refractivity contribution in [3.63, 3.8) is 0 Å². The molecule has 0 unspecified atom stereocenters. The van der Waals surface area contributed by atoms with E-state index in [1.807, 2.05) is 42.5 Å². The normalized spacial score (nSPS) is 11.8. The van der Waals surface area contributed by atoms with Gasteiger partial charge in [-0.3, -0.25) is 0 Å². The van der Waals surface area contributed by atoms with Crippen LogP contribution in [-0.2, 0) is 0 Å². The predicted octanol–water partition coefficient (Wildman–Crippen LogP) is 6.03. The smallest absolute Gasteiger partial charge is 0.323 e. The molecule has 0 fully saturated rings. The van der Waals surface area contributed by atoms with Gasteiger partial charge in [0.2, 0.25) is 5.88 Å². The SMILES string of the molecule is CN(C)CC(C)(C)COc1ccc(NC(=O)Nc2cccnc2Oc2ccccc2[Si](C)(C)C)cc1. The maximum atomic E-state index is 12.7. The van der Waals surface area contributed by atoms with E-state index in [1.165, 1.54) is 5.19 Å². The summed E-state index contributed by atoms with van der Waals surface area (Å²) in [6.45, 7) is 12.7. The molecule has 2 aromatic carbocycles. The lowest BCUT2D eigenvalue weighted by Gasteiger charge is -2.28. The van der Waals surface area contributed by atoms with Crippen LogP contribution in [0.3, 0.4) is 0 Å². The Morgan fingerprint density at radius 3 is 2.33 bits per heavy atom. The summed E-state index contributed by atoms with van der Waals surface area (Å²) in [6, 6.07) is 18.5. The summed E-state index contributed by atoms with van der Waals surface area (Å²) in [5.74, 6) is 1.88. The topological polar surface area (TPSA) is 75.7 Å². The van der Waals surface area contributed by atoms with Crippen molar-refractivity contribution in [3.8, 4) is 17.4 Å². The van der Waals surface area contributed by atoms with Crippen molar-refractivity contribution in [1.82, 2.24) is 9.88 Å². The summed E-state index contributed by atoms with van der Waals surface area (Å²) in [7, 11) is 2.49. The lowest BCUT2D eigenvalue weighted by atomic mass is 9.94. The Kier molecular flexibility index (Phi) is 8.76. The molecule has 192 valence electrons. The number of hydrogen-bond donors (Lipinski definition) is 2. The van der Waals surface area contributed by atoms with E-state index in [0.29, 0.717) is 23.9 Å². The summed E-state index contributed by atoms with van der Waals surface area (Å²) in [4.78, 5) is 19.2. The van der Waals surface area contributed by atoms with Gasteiger partial charge < -0.3 is 25.0 Å². The molecule has 0 aliphatic heterocycles. The number of hydrogen-bond acceptors (Lipinski definition) is 5. The van der Waals surface area contributed by atoms with E-state index in [0.717, 1.165) is 18.0 Å². The van der Waals surface area contributed by atoms with Gasteiger partial charge >= 0.3 is 6.03 Å². The van der Waals surface area contributed by atoms with Crippen molar-refractivity contribution in [2.45, 2.75) is 33.5 Å². The average Bonchev–Trinajstić information content (AvgIpc) is 2.79. The highest BCUT2D eigenvalue weighted by Gasteiger charge is 2.22. The molecule has 2 N–H and O–H groups in total. The van der Waals surface area contributed by atoms with E-state index in [4.69, 9.17) is 9.47 Å². The maximum absolute atomic E-state index is 12.7. The Hall–Kier alpha value is -3.36. The van der Waals surface area contributed by atoms with Gasteiger partial charge in [0.05, 0.1) is 14.7 Å². The highest BCUT2D eigenvalue weighted by Crippen LogP contribution is 2.28. The van der Waals surface area contributed by atoms with Crippen LogP contribution in [0.1, 0.15) is 13.8 Å². The van der Waals surface area contributed by atoms with Crippen molar-refractivity contribution in [3.05, 3.63) is 66.9 Å². The summed E-state index contributed by atoms with van der Waals surface area (Å²) in [6.07, 6.45) is 1.65. The number of para-hydroxylation sites is 1. The predicted molar refractivity (Wildman–Crippen MR) is 151 cm³/mol. The molecular formula is C28H38N4O3Si. The number of nitrogens with one attached hydrogen (secondary N) is 2. The van der Waals surface area contributed by atoms with Crippen LogP contribution in [0.15, 0.2) is 66.9 Å². The summed E-state index contributed by atoms with van der Waals surface area (Å²) >= 11 is 0. The van der Waals surface area contributed by atoms with E-state index in [2.05, 4.69) is 74.2 Å². The van der Waals surface area contributed by atoms with Gasteiger partial charge in [0.25, 0.3) is 0 Å². The molecule has 2 amide bonds. The van der Waals surface area contributed by atoms with Gasteiger partial charge in [0.1, 0.15) is 17.2 Å². The Bertz CT molecular complexity index is 1160. The number of ether oxygens (including phenoxy) is 2. The fraction of sp³-hybridized carbons (Fsp3) is 0.357. The number of rotatable bonds is 10. The molecule has 0 aliphatic carbocycles. The zero-order valence-electron chi connectivity index (χ0n) is 22.4. The van der Waals surface area contributed by atoms with Crippen LogP contribution < -0.4 is 25.3 Å². The van der Waals surface area contributed by atoms with E-state index in [-0.39, 0.29) is 11.4 Å². The Labute approximate surface area is 215 Å². The minimum atomic E-state index is -1.63. The second-order valence-electron chi connectivity index (χ2n) is 11.0. The number of pyridine rings is 1. The Morgan fingerprint density at radius 2 is 1.67 bits per heavy atom. The van der Waals surface area contributed by atoms with Crippen LogP contribution >= 0.6 is 0 Å². The van der Waals surface area contributed by atoms with Gasteiger partial charge in [-0.1, -0.05) is 51.7 Å². The number of amides is 2. The van der Waals surface area contributed by atoms with Crippen LogP contribution in [0.5, 0.6) is 17.4 Å². The van der Waals surface area contributed by atoms with Gasteiger partial charge in [-0.15, -0.1) is 0 Å². The van der Waals surface area contributed by atoms with Crippen LogP contribution in [-0.4, -0.2) is 51.2 Å². The van der Waals surface area contributed by atoms with Crippen LogP contribution in [0.25, 0.3) is 0 Å². The van der Waals surface area contributed by atoms with Gasteiger partial charge in [0, 0.05) is 23.8 Å². The molecule has 0 aliphatic rings. The number of benzene rings is 2. The molecule has 0 radical (unpaired) electrons. The zero-order chi connectivity index (χ0) is 26.3. The minimum absolute atomic E-state index is 0.0272. The summed E-state index contributed by atoms with van der Waals surface area (Å²) < 4.78 is 12.1. The molecule has 7 nitrogen and oxygen atoms in total. The molecule has 1 aromatic heterocycles. The van der Waals surface area contributed by atoms with Crippen molar-refractivity contribution in [2.75, 3.05) is 37.9 Å². The first-order valence-electron chi connectivity index (χ1n) is 12.1. The standard InChI is InChI=1S/C28H38N4O3Si/c1-28(2,19-32(3)4)20-34-22-16-14-21(15-17-22)30-27(33)31-23-11-10-18-29-26(23)35-24-12-8-9-13-25(24)36(5,6)7/h8-18H,19-20H2,1-7H3,(H2,30,31,33). The number of anilines is 2. The second-order valence-corrected chi connectivity index (χ2v) is 16.0. The highest BCUT2D eigenvalue weighted by atomic mass is 28.3. The third kappa shape index (κ3) is 8.10. The molecule has 3 aromatic rings. The second kappa shape index (κ2) is 11.6. The van der Waals surface area contributed by atoms with Crippen LogP contribution in [0.4, 0.5) is 16.2 Å². The fourth-order valence-corrected chi connectivity index (χ4v) is 5.42. The lowest BCUT2D eigenvalue weighted by Crippen LogP contribution is -2.38. The molecule has 0 spiro atoms. The number of carbonyl (C=O) groups is 1. The van der Waals surface area contributed by atoms with Crippen molar-refractivity contribution >= 4 is 30.7 Å². The van der Waals surface area contributed by atoms with Crippen molar-refractivity contribution in [1.29, 1.82) is 0 Å². The average molecular weight is 507 g/mol. The molecule has 36 heavy (non-hydrogen) atoms. The minimum Gasteiger partial charge on any atom is -0.493 e. The number of carbonyl (C=O) groups excluding carboxylic acids is 1. The van der Waals surface area contributed by atoms with E-state index < -0.39 is 8.07 Å². The summed E-state index contributed by atoms with van der Waals surface area (Å²) in [5.41, 5.74) is 1.17. The van der Waals surface area contributed by atoms with E-state index in [1.54, 1.807) is 18.3 Å². The summed E-state index contributed by atoms with van der Waals surface area (Å²) in [5, 5.41) is 6.90. The molecule has 1 heterocycles. The third-order valence-electron chi connectivity index (χ3n) is 5.41. The van der Waals surface area contributed by atoms with Crippen LogP contribution in [0.2, 0.25) is 19.6 Å². The quantitative estimate of drug-likeness (QED) is 0.328. The number of aromatic nitrogens is 1. The van der Waals surface area contributed by atoms with Gasteiger partial charge in [-0.2, -0.15) is 0 Å². The lowest BCUT2D eigenvalue weighted by molar-refractivity contribution is 0.141. The third-order valence-corrected chi connectivity index (χ3v) is 7.44. The van der Waals surface area contributed by atoms with E-state index in [9.17, 15) is 4.79 Å². The highest BCUT2D eigenvalue weighted by molar-refractivity contribution is 6.89. The monoisotopic (exact) mass is 506 g/mol. The van der Waals surface area contributed by atoms with Gasteiger partial charge in [0.15, 0.2) is 0 Å². The molecule has 0 saturated heterocycles. The molecular weight excluding hydrogens is 468 g/mol. The molecule has 0 bridgehead atoms. The van der Waals surface area contributed by atoms with Crippen molar-refractivity contribution < 1.29 is 14.3 Å². The van der Waals surface area contributed by atoms with E-state index >= 15 is 0 Å². The first kappa shape index (κ1) is 27.2. The molecule has 0 atom stereocenters. The van der Waals surface area contributed by atoms with Gasteiger partial charge in [-0.25, -0.2) is 9.78 Å². The Balaban J connectivity index is 1.63. The number of nitrogens with zero attached hydrogens (tertiary/aromatic N) is 2. The van der Waals surface area contributed by atoms with Crippen LogP contribution in [0, 0.1) is 5.41 Å². The number of urea groups is 1. The largest absolute Gasteiger partial charge is 0.493 e. The zero-order valence-corrected chi connectivity index (χ0v) is 23.4. The Morgan fingerprint density at radius 1 is 0.972 bits per heavy atom. The first-order chi connectivity index (χ1) is 16.9.